The zero-order valence-corrected chi connectivity index (χ0v) is 18.9. The minimum absolute atomic E-state index is 0.125. The van der Waals surface area contributed by atoms with Gasteiger partial charge in [-0.25, -0.2) is 18.2 Å². The first-order valence-corrected chi connectivity index (χ1v) is 11.3. The maximum Gasteiger partial charge on any atom is 0.240 e. The van der Waals surface area contributed by atoms with Gasteiger partial charge < -0.3 is 20.1 Å². The highest BCUT2D eigenvalue weighted by Gasteiger charge is 2.20. The lowest BCUT2D eigenvalue weighted by Crippen LogP contribution is -2.39. The molecule has 0 saturated heterocycles. The van der Waals surface area contributed by atoms with Gasteiger partial charge in [-0.1, -0.05) is 18.3 Å². The second-order valence-electron chi connectivity index (χ2n) is 7.51. The van der Waals surface area contributed by atoms with Crippen LogP contribution in [0.5, 0.6) is 11.5 Å². The number of thiazole rings is 1. The first-order chi connectivity index (χ1) is 16.3. The molecule has 1 aliphatic heterocycles. The van der Waals surface area contributed by atoms with Crippen molar-refractivity contribution in [3.8, 4) is 11.5 Å². The fourth-order valence-corrected chi connectivity index (χ4v) is 4.32. The highest BCUT2D eigenvalue weighted by Crippen LogP contribution is 2.37. The Morgan fingerprint density at radius 1 is 1.03 bits per heavy atom. The number of anilines is 2. The van der Waals surface area contributed by atoms with Crippen LogP contribution in [0.3, 0.4) is 0 Å². The second kappa shape index (κ2) is 10.3. The summed E-state index contributed by atoms with van der Waals surface area (Å²) in [4.78, 5) is 30.9. The SMILES string of the molecule is CCCN(CC(=O)Nc1nc2cc3c(cc2s1)OCCO3)CC(=O)Nc1ccc(F)c(F)c1F. The average molecular weight is 494 g/mol. The molecule has 8 nitrogen and oxygen atoms in total. The minimum atomic E-state index is -1.67. The van der Waals surface area contributed by atoms with Crippen molar-refractivity contribution in [3.63, 3.8) is 0 Å². The van der Waals surface area contributed by atoms with E-state index in [0.717, 1.165) is 16.8 Å². The molecule has 34 heavy (non-hydrogen) atoms. The molecule has 0 saturated carbocycles. The topological polar surface area (TPSA) is 92.8 Å². The van der Waals surface area contributed by atoms with Crippen LogP contribution in [-0.2, 0) is 9.59 Å². The number of aromatic nitrogens is 1. The molecule has 180 valence electrons. The van der Waals surface area contributed by atoms with Gasteiger partial charge >= 0.3 is 0 Å². The van der Waals surface area contributed by atoms with Crippen LogP contribution in [0.1, 0.15) is 13.3 Å². The maximum absolute atomic E-state index is 13.8. The van der Waals surface area contributed by atoms with Crippen LogP contribution in [0.4, 0.5) is 24.0 Å². The Balaban J connectivity index is 1.38. The van der Waals surface area contributed by atoms with E-state index in [1.165, 1.54) is 11.3 Å². The lowest BCUT2D eigenvalue weighted by Gasteiger charge is -2.20. The van der Waals surface area contributed by atoms with Gasteiger partial charge in [-0.05, 0) is 25.1 Å². The summed E-state index contributed by atoms with van der Waals surface area (Å²) in [6.45, 7) is 2.82. The fourth-order valence-electron chi connectivity index (χ4n) is 3.43. The van der Waals surface area contributed by atoms with Gasteiger partial charge in [-0.2, -0.15) is 0 Å². The van der Waals surface area contributed by atoms with E-state index in [1.807, 2.05) is 13.0 Å². The summed E-state index contributed by atoms with van der Waals surface area (Å²) in [5, 5.41) is 5.31. The van der Waals surface area contributed by atoms with Gasteiger partial charge in [0.1, 0.15) is 13.2 Å². The molecule has 2 amide bonds. The van der Waals surface area contributed by atoms with Crippen LogP contribution in [0.15, 0.2) is 24.3 Å². The molecule has 0 aliphatic carbocycles. The first-order valence-electron chi connectivity index (χ1n) is 10.5. The molecule has 0 fully saturated rings. The fraction of sp³-hybridized carbons (Fsp3) is 0.318. The van der Waals surface area contributed by atoms with Crippen molar-refractivity contribution in [3.05, 3.63) is 41.7 Å². The molecule has 2 aromatic carbocycles. The van der Waals surface area contributed by atoms with Crippen molar-refractivity contribution in [2.24, 2.45) is 0 Å². The number of rotatable bonds is 8. The highest BCUT2D eigenvalue weighted by molar-refractivity contribution is 7.22. The monoisotopic (exact) mass is 494 g/mol. The Morgan fingerprint density at radius 2 is 1.71 bits per heavy atom. The number of hydrogen-bond acceptors (Lipinski definition) is 7. The Bertz CT molecular complexity index is 1190. The molecule has 0 atom stereocenters. The van der Waals surface area contributed by atoms with Crippen molar-refractivity contribution < 1.29 is 32.2 Å². The van der Waals surface area contributed by atoms with Gasteiger partial charge in [0, 0.05) is 12.1 Å². The van der Waals surface area contributed by atoms with Crippen molar-refractivity contribution in [2.75, 3.05) is 43.5 Å². The number of carbonyl (C=O) groups excluding carboxylic acids is 2. The number of benzene rings is 2. The quantitative estimate of drug-likeness (QED) is 0.463. The van der Waals surface area contributed by atoms with Crippen molar-refractivity contribution in [2.45, 2.75) is 13.3 Å². The number of hydrogen-bond donors (Lipinski definition) is 2. The van der Waals surface area contributed by atoms with Crippen LogP contribution in [0, 0.1) is 17.5 Å². The van der Waals surface area contributed by atoms with Gasteiger partial charge in [0.15, 0.2) is 34.1 Å². The second-order valence-corrected chi connectivity index (χ2v) is 8.54. The number of fused-ring (bicyclic) bond motifs is 2. The first kappa shape index (κ1) is 23.8. The third-order valence-electron chi connectivity index (χ3n) is 4.88. The van der Waals surface area contributed by atoms with Gasteiger partial charge in [0.25, 0.3) is 0 Å². The van der Waals surface area contributed by atoms with Gasteiger partial charge in [0.05, 0.1) is 29.0 Å². The van der Waals surface area contributed by atoms with Crippen LogP contribution in [-0.4, -0.2) is 54.5 Å². The van der Waals surface area contributed by atoms with E-state index in [-0.39, 0.29) is 13.1 Å². The summed E-state index contributed by atoms with van der Waals surface area (Å²) < 4.78 is 52.2. The predicted molar refractivity (Wildman–Crippen MR) is 121 cm³/mol. The molecule has 12 heteroatoms. The van der Waals surface area contributed by atoms with Crippen LogP contribution >= 0.6 is 11.3 Å². The Kier molecular flexibility index (Phi) is 7.17. The molecule has 3 aromatic rings. The van der Waals surface area contributed by atoms with Crippen molar-refractivity contribution in [1.29, 1.82) is 0 Å². The summed E-state index contributed by atoms with van der Waals surface area (Å²) in [6.07, 6.45) is 0.646. The van der Waals surface area contributed by atoms with Crippen LogP contribution in [0.25, 0.3) is 10.2 Å². The third kappa shape index (κ3) is 5.39. The number of halogens is 3. The summed E-state index contributed by atoms with van der Waals surface area (Å²) in [5.74, 6) is -4.35. The normalized spacial score (nSPS) is 12.7. The minimum Gasteiger partial charge on any atom is -0.486 e. The van der Waals surface area contributed by atoms with E-state index >= 15 is 0 Å². The van der Waals surface area contributed by atoms with E-state index in [9.17, 15) is 22.8 Å². The lowest BCUT2D eigenvalue weighted by atomic mass is 10.2. The zero-order valence-electron chi connectivity index (χ0n) is 18.1. The molecule has 2 heterocycles. The Labute approximate surface area is 196 Å². The molecule has 1 aliphatic rings. The summed E-state index contributed by atoms with van der Waals surface area (Å²) in [6, 6.07) is 5.21. The van der Waals surface area contributed by atoms with Gasteiger partial charge in [0.2, 0.25) is 11.8 Å². The molecular formula is C22H21F3N4O4S. The largest absolute Gasteiger partial charge is 0.486 e. The predicted octanol–water partition coefficient (Wildman–Crippen LogP) is 3.77. The molecule has 0 bridgehead atoms. The number of ether oxygens (including phenoxy) is 2. The van der Waals surface area contributed by atoms with Crippen LogP contribution in [0.2, 0.25) is 0 Å². The molecular weight excluding hydrogens is 473 g/mol. The molecule has 4 rings (SSSR count). The summed E-state index contributed by atoms with van der Waals surface area (Å²) in [7, 11) is 0. The number of nitrogens with zero attached hydrogens (tertiary/aromatic N) is 2. The van der Waals surface area contributed by atoms with E-state index in [0.29, 0.717) is 48.3 Å². The molecule has 0 spiro atoms. The van der Waals surface area contributed by atoms with E-state index in [2.05, 4.69) is 15.6 Å². The van der Waals surface area contributed by atoms with Crippen LogP contribution < -0.4 is 20.1 Å². The van der Waals surface area contributed by atoms with E-state index in [1.54, 1.807) is 11.0 Å². The molecule has 0 unspecified atom stereocenters. The molecule has 2 N–H and O–H groups in total. The van der Waals surface area contributed by atoms with E-state index < -0.39 is 35.0 Å². The van der Waals surface area contributed by atoms with Gasteiger partial charge in [-0.3, -0.25) is 14.5 Å². The maximum atomic E-state index is 13.8. The summed E-state index contributed by atoms with van der Waals surface area (Å²) in [5.41, 5.74) is 0.179. The standard InChI is InChI=1S/C22H21F3N4O4S/c1-2-5-29(10-18(30)26-13-4-3-12(23)20(24)21(13)25)11-19(31)28-22-27-14-8-15-16(9-17(14)34-22)33-7-6-32-15/h3-4,8-9H,2,5-7,10-11H2,1H3,(H,26,30)(H,27,28,31). The van der Waals surface area contributed by atoms with Crippen molar-refractivity contribution in [1.82, 2.24) is 9.88 Å². The zero-order chi connectivity index (χ0) is 24.2. The Hall–Kier alpha value is -3.38. The molecule has 0 radical (unpaired) electrons. The third-order valence-corrected chi connectivity index (χ3v) is 5.82. The smallest absolute Gasteiger partial charge is 0.240 e. The highest BCUT2D eigenvalue weighted by atomic mass is 32.1. The van der Waals surface area contributed by atoms with Gasteiger partial charge in [-0.15, -0.1) is 0 Å². The summed E-state index contributed by atoms with van der Waals surface area (Å²) >= 11 is 1.27. The van der Waals surface area contributed by atoms with E-state index in [4.69, 9.17) is 9.47 Å². The number of amides is 2. The number of carbonyl (C=O) groups is 2. The average Bonchev–Trinajstić information content (AvgIpc) is 3.18. The lowest BCUT2D eigenvalue weighted by molar-refractivity contribution is -0.120. The van der Waals surface area contributed by atoms with Crippen molar-refractivity contribution >= 4 is 44.2 Å². The Morgan fingerprint density at radius 3 is 2.41 bits per heavy atom. The molecule has 1 aromatic heterocycles. The number of nitrogens with one attached hydrogen (secondary N) is 2.